The molecule has 0 aromatic heterocycles. The zero-order chi connectivity index (χ0) is 21.3. The van der Waals surface area contributed by atoms with Crippen LogP contribution in [-0.2, 0) is 9.59 Å². The first kappa shape index (κ1) is 18.9. The quantitative estimate of drug-likeness (QED) is 0.634. The Balaban J connectivity index is 1.19. The molecule has 1 aromatic carbocycles. The van der Waals surface area contributed by atoms with Crippen molar-refractivity contribution in [3.63, 3.8) is 0 Å². The van der Waals surface area contributed by atoms with Gasteiger partial charge in [0.25, 0.3) is 11.8 Å². The number of imide groups is 2. The molecular formula is C22H25N5O4. The van der Waals surface area contributed by atoms with E-state index in [0.29, 0.717) is 23.2 Å². The van der Waals surface area contributed by atoms with E-state index in [9.17, 15) is 19.2 Å². The zero-order valence-electron chi connectivity index (χ0n) is 17.2. The molecule has 2 bridgehead atoms. The van der Waals surface area contributed by atoms with Gasteiger partial charge in [0.15, 0.2) is 0 Å². The first-order valence-electron chi connectivity index (χ1n) is 11.1. The minimum Gasteiger partial charge on any atom is -0.368 e. The number of anilines is 1. The van der Waals surface area contributed by atoms with Gasteiger partial charge in [0.05, 0.1) is 11.1 Å². The first-order chi connectivity index (χ1) is 15.0. The Labute approximate surface area is 179 Å². The maximum absolute atomic E-state index is 13.1. The monoisotopic (exact) mass is 423 g/mol. The van der Waals surface area contributed by atoms with Crippen molar-refractivity contribution in [2.45, 2.75) is 37.4 Å². The molecule has 0 spiro atoms. The first-order valence-corrected chi connectivity index (χ1v) is 11.1. The van der Waals surface area contributed by atoms with Crippen molar-refractivity contribution >= 4 is 29.3 Å². The largest absolute Gasteiger partial charge is 0.368 e. The van der Waals surface area contributed by atoms with E-state index in [4.69, 9.17) is 0 Å². The van der Waals surface area contributed by atoms with E-state index in [1.807, 2.05) is 6.07 Å². The number of carbonyl (C=O) groups is 4. The summed E-state index contributed by atoms with van der Waals surface area (Å²) < 4.78 is 0. The molecule has 6 heterocycles. The number of rotatable bonds is 4. The third-order valence-electron chi connectivity index (χ3n) is 7.47. The molecule has 6 aliphatic heterocycles. The van der Waals surface area contributed by atoms with Gasteiger partial charge >= 0.3 is 0 Å². The number of nitrogens with one attached hydrogen (secondary N) is 2. The van der Waals surface area contributed by atoms with Gasteiger partial charge in [-0.15, -0.1) is 0 Å². The molecule has 5 saturated heterocycles. The minimum absolute atomic E-state index is 0.124. The highest BCUT2D eigenvalue weighted by Gasteiger charge is 2.47. The predicted octanol–water partition coefficient (Wildman–Crippen LogP) is -0.430. The Hall–Kier alpha value is -2.78. The number of piperazine rings is 1. The average molecular weight is 423 g/mol. The van der Waals surface area contributed by atoms with Crippen LogP contribution in [0.25, 0.3) is 0 Å². The third kappa shape index (κ3) is 2.90. The molecule has 5 fully saturated rings. The van der Waals surface area contributed by atoms with E-state index >= 15 is 0 Å². The van der Waals surface area contributed by atoms with Crippen LogP contribution in [0.4, 0.5) is 5.69 Å². The lowest BCUT2D eigenvalue weighted by molar-refractivity contribution is -0.136. The van der Waals surface area contributed by atoms with E-state index in [2.05, 4.69) is 20.4 Å². The van der Waals surface area contributed by atoms with E-state index < -0.39 is 23.8 Å². The fraction of sp³-hybridized carbons (Fsp3) is 0.545. The van der Waals surface area contributed by atoms with Crippen LogP contribution < -0.4 is 15.5 Å². The Kier molecular flexibility index (Phi) is 4.19. The van der Waals surface area contributed by atoms with Gasteiger partial charge < -0.3 is 10.2 Å². The van der Waals surface area contributed by atoms with Crippen LogP contribution in [0, 0.1) is 5.92 Å². The Morgan fingerprint density at radius 1 is 0.968 bits per heavy atom. The highest BCUT2D eigenvalue weighted by Crippen LogP contribution is 2.37. The van der Waals surface area contributed by atoms with Gasteiger partial charge in [0.2, 0.25) is 11.8 Å². The Morgan fingerprint density at radius 2 is 1.71 bits per heavy atom. The lowest BCUT2D eigenvalue weighted by Crippen LogP contribution is -2.70. The number of nitrogens with zero attached hydrogens (tertiary/aromatic N) is 3. The van der Waals surface area contributed by atoms with Crippen LogP contribution in [0.5, 0.6) is 0 Å². The second-order valence-electron chi connectivity index (χ2n) is 9.35. The fourth-order valence-corrected chi connectivity index (χ4v) is 5.63. The molecule has 6 aliphatic rings. The second kappa shape index (κ2) is 6.86. The molecule has 1 aromatic rings. The van der Waals surface area contributed by atoms with Crippen LogP contribution in [0.3, 0.4) is 0 Å². The number of amides is 4. The maximum atomic E-state index is 13.1. The molecule has 162 valence electrons. The Bertz CT molecular complexity index is 994. The van der Waals surface area contributed by atoms with Crippen molar-refractivity contribution in [3.05, 3.63) is 29.3 Å². The normalized spacial score (nSPS) is 30.8. The molecule has 3 unspecified atom stereocenters. The van der Waals surface area contributed by atoms with E-state index in [1.165, 1.54) is 6.42 Å². The van der Waals surface area contributed by atoms with Crippen molar-refractivity contribution in [1.29, 1.82) is 0 Å². The van der Waals surface area contributed by atoms with Crippen LogP contribution in [0.15, 0.2) is 18.2 Å². The highest BCUT2D eigenvalue weighted by molar-refractivity contribution is 6.23. The van der Waals surface area contributed by atoms with E-state index in [-0.39, 0.29) is 18.7 Å². The third-order valence-corrected chi connectivity index (χ3v) is 7.47. The summed E-state index contributed by atoms with van der Waals surface area (Å²) in [6.07, 6.45) is 1.52. The summed E-state index contributed by atoms with van der Waals surface area (Å²) in [4.78, 5) is 55.6. The standard InChI is InChI=1S/C22H25N5O4/c28-19-4-3-18(20(29)24-19)27-21(30)16-2-1-13(6-17(16)22(27)31)25-10-14-5-15(11-25)26(14)9-12-7-23-8-12/h1-2,6,12,14-15,18,23H,3-5,7-11H2,(H,24,28,29). The number of hydrogen-bond acceptors (Lipinski definition) is 7. The molecule has 9 nitrogen and oxygen atoms in total. The second-order valence-corrected chi connectivity index (χ2v) is 9.35. The van der Waals surface area contributed by atoms with Crippen LogP contribution in [0.1, 0.15) is 40.0 Å². The minimum atomic E-state index is -0.925. The zero-order valence-corrected chi connectivity index (χ0v) is 17.2. The highest BCUT2D eigenvalue weighted by atomic mass is 16.2. The van der Waals surface area contributed by atoms with Crippen molar-refractivity contribution < 1.29 is 19.2 Å². The maximum Gasteiger partial charge on any atom is 0.262 e. The smallest absolute Gasteiger partial charge is 0.262 e. The average Bonchev–Trinajstić information content (AvgIpc) is 2.97. The Morgan fingerprint density at radius 3 is 2.39 bits per heavy atom. The molecule has 0 saturated carbocycles. The summed E-state index contributed by atoms with van der Waals surface area (Å²) in [5.74, 6) is -1.09. The molecule has 4 amide bonds. The summed E-state index contributed by atoms with van der Waals surface area (Å²) in [6, 6.07) is 5.57. The number of benzene rings is 1. The van der Waals surface area contributed by atoms with Gasteiger partial charge in [-0.25, -0.2) is 0 Å². The van der Waals surface area contributed by atoms with Crippen LogP contribution in [0.2, 0.25) is 0 Å². The molecule has 31 heavy (non-hydrogen) atoms. The summed E-state index contributed by atoms with van der Waals surface area (Å²) in [7, 11) is 0. The van der Waals surface area contributed by atoms with Gasteiger partial charge in [-0.1, -0.05) is 0 Å². The fourth-order valence-electron chi connectivity index (χ4n) is 5.63. The molecular weight excluding hydrogens is 398 g/mol. The van der Waals surface area contributed by atoms with Gasteiger partial charge in [-0.05, 0) is 37.0 Å². The topological polar surface area (TPSA) is 102 Å². The summed E-state index contributed by atoms with van der Waals surface area (Å²) in [5.41, 5.74) is 1.63. The summed E-state index contributed by atoms with van der Waals surface area (Å²) in [6.45, 7) is 5.24. The van der Waals surface area contributed by atoms with Crippen molar-refractivity contribution in [1.82, 2.24) is 20.4 Å². The molecule has 0 radical (unpaired) electrons. The predicted molar refractivity (Wildman–Crippen MR) is 111 cm³/mol. The summed E-state index contributed by atoms with van der Waals surface area (Å²) in [5, 5.41) is 5.57. The van der Waals surface area contributed by atoms with Crippen molar-refractivity contribution in [3.8, 4) is 0 Å². The molecule has 2 N–H and O–H groups in total. The number of fused-ring (bicyclic) bond motifs is 3. The van der Waals surface area contributed by atoms with Gasteiger partial charge in [0.1, 0.15) is 6.04 Å². The number of carbonyl (C=O) groups excluding carboxylic acids is 4. The number of hydrogen-bond donors (Lipinski definition) is 2. The molecule has 9 heteroatoms. The van der Waals surface area contributed by atoms with Crippen LogP contribution in [-0.4, -0.2) is 84.3 Å². The SMILES string of the molecule is O=C1CCC(N2C(=O)c3ccc(N4CC5CC(C4)N5CC4CNC4)cc3C2=O)C(=O)N1. The lowest BCUT2D eigenvalue weighted by atomic mass is 9.85. The molecule has 0 aliphatic carbocycles. The van der Waals surface area contributed by atoms with E-state index in [1.54, 1.807) is 12.1 Å². The lowest BCUT2D eigenvalue weighted by Gasteiger charge is -2.58. The van der Waals surface area contributed by atoms with Gasteiger partial charge in [-0.2, -0.15) is 0 Å². The molecule has 3 atom stereocenters. The van der Waals surface area contributed by atoms with E-state index in [0.717, 1.165) is 49.2 Å². The van der Waals surface area contributed by atoms with Crippen molar-refractivity contribution in [2.75, 3.05) is 37.6 Å². The van der Waals surface area contributed by atoms with Gasteiger partial charge in [-0.3, -0.25) is 34.3 Å². The molecule has 7 rings (SSSR count). The van der Waals surface area contributed by atoms with Crippen LogP contribution >= 0.6 is 0 Å². The van der Waals surface area contributed by atoms with Gasteiger partial charge in [0, 0.05) is 56.9 Å². The summed E-state index contributed by atoms with van der Waals surface area (Å²) >= 11 is 0. The number of piperidine rings is 2. The van der Waals surface area contributed by atoms with Crippen molar-refractivity contribution in [2.24, 2.45) is 5.92 Å².